The Morgan fingerprint density at radius 3 is 2.46 bits per heavy atom. The molecule has 13 heavy (non-hydrogen) atoms. The molecule has 2 nitrogen and oxygen atoms in total. The topological polar surface area (TPSA) is 22.1 Å². The summed E-state index contributed by atoms with van der Waals surface area (Å²) >= 11 is 5.86. The van der Waals surface area contributed by atoms with Crippen molar-refractivity contribution in [2.45, 2.75) is 26.2 Å². The van der Waals surface area contributed by atoms with Crippen LogP contribution in [0.5, 0.6) is 5.88 Å². The van der Waals surface area contributed by atoms with Crippen LogP contribution in [0.3, 0.4) is 0 Å². The van der Waals surface area contributed by atoms with Gasteiger partial charge in [-0.2, -0.15) is 0 Å². The molecule has 0 atom stereocenters. The van der Waals surface area contributed by atoms with Gasteiger partial charge in [0.15, 0.2) is 0 Å². The fraction of sp³-hybridized carbons (Fsp3) is 0.500. The summed E-state index contributed by atoms with van der Waals surface area (Å²) < 4.78 is 5.16. The molecule has 0 bridgehead atoms. The number of rotatable bonds is 1. The summed E-state index contributed by atoms with van der Waals surface area (Å²) in [6.45, 7) is 6.30. The average Bonchev–Trinajstić information content (AvgIpc) is 2.03. The smallest absolute Gasteiger partial charge is 0.216 e. The van der Waals surface area contributed by atoms with Crippen molar-refractivity contribution in [3.05, 3.63) is 22.8 Å². The second-order valence-corrected chi connectivity index (χ2v) is 4.40. The van der Waals surface area contributed by atoms with Gasteiger partial charge in [0, 0.05) is 11.8 Å². The van der Waals surface area contributed by atoms with Crippen LogP contribution in [0, 0.1) is 0 Å². The van der Waals surface area contributed by atoms with Gasteiger partial charge >= 0.3 is 0 Å². The van der Waals surface area contributed by atoms with Crippen molar-refractivity contribution in [3.63, 3.8) is 0 Å². The molecule has 0 spiro atoms. The molecule has 0 saturated carbocycles. The Bertz CT molecular complexity index is 304. The average molecular weight is 200 g/mol. The largest absolute Gasteiger partial charge is 0.481 e. The molecule has 3 heteroatoms. The monoisotopic (exact) mass is 199 g/mol. The SMILES string of the molecule is COc1ncc(Cl)cc1C(C)(C)C. The van der Waals surface area contributed by atoms with Crippen molar-refractivity contribution >= 4 is 11.6 Å². The normalized spacial score (nSPS) is 11.5. The molecule has 0 aliphatic rings. The standard InChI is InChI=1S/C10H14ClNO/c1-10(2,3)8-5-7(11)6-12-9(8)13-4/h5-6H,1-4H3. The van der Waals surface area contributed by atoms with E-state index < -0.39 is 0 Å². The Balaban J connectivity index is 3.24. The highest BCUT2D eigenvalue weighted by Crippen LogP contribution is 2.31. The van der Waals surface area contributed by atoms with E-state index in [9.17, 15) is 0 Å². The van der Waals surface area contributed by atoms with Gasteiger partial charge in [-0.3, -0.25) is 0 Å². The Kier molecular flexibility index (Phi) is 2.81. The molecular formula is C10H14ClNO. The molecule has 1 aromatic heterocycles. The molecule has 0 fully saturated rings. The minimum absolute atomic E-state index is 0.00322. The molecule has 0 aromatic carbocycles. The maximum Gasteiger partial charge on any atom is 0.216 e. The van der Waals surface area contributed by atoms with Crippen LogP contribution in [0.1, 0.15) is 26.3 Å². The summed E-state index contributed by atoms with van der Waals surface area (Å²) in [6, 6.07) is 1.90. The van der Waals surface area contributed by atoms with Gasteiger partial charge in [-0.25, -0.2) is 4.98 Å². The van der Waals surface area contributed by atoms with Crippen LogP contribution in [0.15, 0.2) is 12.3 Å². The van der Waals surface area contributed by atoms with E-state index >= 15 is 0 Å². The second kappa shape index (κ2) is 3.54. The van der Waals surface area contributed by atoms with Gasteiger partial charge in [-0.15, -0.1) is 0 Å². The molecule has 0 amide bonds. The highest BCUT2D eigenvalue weighted by molar-refractivity contribution is 6.30. The van der Waals surface area contributed by atoms with Crippen LogP contribution in [-0.2, 0) is 5.41 Å². The van der Waals surface area contributed by atoms with Crippen LogP contribution in [0.2, 0.25) is 5.02 Å². The van der Waals surface area contributed by atoms with E-state index in [2.05, 4.69) is 25.8 Å². The highest BCUT2D eigenvalue weighted by atomic mass is 35.5. The quantitative estimate of drug-likeness (QED) is 0.694. The van der Waals surface area contributed by atoms with E-state index in [0.29, 0.717) is 10.9 Å². The third-order valence-corrected chi connectivity index (χ3v) is 2.03. The maximum atomic E-state index is 5.86. The molecule has 1 aromatic rings. The minimum atomic E-state index is 0.00322. The highest BCUT2D eigenvalue weighted by Gasteiger charge is 2.19. The second-order valence-electron chi connectivity index (χ2n) is 3.96. The van der Waals surface area contributed by atoms with Gasteiger partial charge in [0.25, 0.3) is 0 Å². The molecule has 0 radical (unpaired) electrons. The lowest BCUT2D eigenvalue weighted by Gasteiger charge is -2.20. The van der Waals surface area contributed by atoms with Gasteiger partial charge in [-0.1, -0.05) is 32.4 Å². The third kappa shape index (κ3) is 2.34. The first-order valence-corrected chi connectivity index (χ1v) is 4.53. The third-order valence-electron chi connectivity index (χ3n) is 1.82. The number of hydrogen-bond acceptors (Lipinski definition) is 2. The van der Waals surface area contributed by atoms with Gasteiger partial charge < -0.3 is 4.74 Å². The van der Waals surface area contributed by atoms with Gasteiger partial charge in [-0.05, 0) is 11.5 Å². The van der Waals surface area contributed by atoms with Gasteiger partial charge in [0.05, 0.1) is 12.1 Å². The van der Waals surface area contributed by atoms with Crippen LogP contribution in [-0.4, -0.2) is 12.1 Å². The lowest BCUT2D eigenvalue weighted by atomic mass is 9.88. The number of methoxy groups -OCH3 is 1. The fourth-order valence-corrected chi connectivity index (χ4v) is 1.28. The van der Waals surface area contributed by atoms with Crippen LogP contribution in [0.4, 0.5) is 0 Å². The summed E-state index contributed by atoms with van der Waals surface area (Å²) in [5, 5.41) is 0.644. The first kappa shape index (κ1) is 10.3. The van der Waals surface area contributed by atoms with Crippen molar-refractivity contribution < 1.29 is 4.74 Å². The van der Waals surface area contributed by atoms with E-state index in [-0.39, 0.29) is 5.41 Å². The van der Waals surface area contributed by atoms with Crippen molar-refractivity contribution in [1.82, 2.24) is 4.98 Å². The number of pyridine rings is 1. The van der Waals surface area contributed by atoms with Gasteiger partial charge in [0.1, 0.15) is 0 Å². The maximum absolute atomic E-state index is 5.86. The fourth-order valence-electron chi connectivity index (χ4n) is 1.13. The number of nitrogens with zero attached hydrogens (tertiary/aromatic N) is 1. The molecule has 0 N–H and O–H groups in total. The first-order chi connectivity index (χ1) is 5.95. The van der Waals surface area contributed by atoms with E-state index in [1.165, 1.54) is 0 Å². The van der Waals surface area contributed by atoms with Gasteiger partial charge in [0.2, 0.25) is 5.88 Å². The molecule has 0 aliphatic carbocycles. The lowest BCUT2D eigenvalue weighted by molar-refractivity contribution is 0.380. The number of aromatic nitrogens is 1. The molecule has 72 valence electrons. The van der Waals surface area contributed by atoms with E-state index in [0.717, 1.165) is 5.56 Å². The van der Waals surface area contributed by atoms with Crippen LogP contribution in [0.25, 0.3) is 0 Å². The van der Waals surface area contributed by atoms with Crippen LogP contribution < -0.4 is 4.74 Å². The minimum Gasteiger partial charge on any atom is -0.481 e. The van der Waals surface area contributed by atoms with Crippen molar-refractivity contribution in [2.75, 3.05) is 7.11 Å². The van der Waals surface area contributed by atoms with E-state index in [4.69, 9.17) is 16.3 Å². The van der Waals surface area contributed by atoms with Crippen molar-refractivity contribution in [3.8, 4) is 5.88 Å². The number of ether oxygens (including phenoxy) is 1. The zero-order valence-electron chi connectivity index (χ0n) is 8.39. The molecule has 1 rings (SSSR count). The van der Waals surface area contributed by atoms with E-state index in [1.54, 1.807) is 13.3 Å². The Morgan fingerprint density at radius 1 is 1.38 bits per heavy atom. The van der Waals surface area contributed by atoms with E-state index in [1.807, 2.05) is 6.07 Å². The summed E-state index contributed by atoms with van der Waals surface area (Å²) in [5.41, 5.74) is 1.03. The Hall–Kier alpha value is -0.760. The lowest BCUT2D eigenvalue weighted by Crippen LogP contribution is -2.13. The zero-order valence-corrected chi connectivity index (χ0v) is 9.14. The number of hydrogen-bond donors (Lipinski definition) is 0. The van der Waals surface area contributed by atoms with Crippen LogP contribution >= 0.6 is 11.6 Å². The molecule has 0 aliphatic heterocycles. The summed E-state index contributed by atoms with van der Waals surface area (Å²) in [5.74, 6) is 0.650. The molecule has 0 saturated heterocycles. The molecule has 0 unspecified atom stereocenters. The zero-order chi connectivity index (χ0) is 10.1. The van der Waals surface area contributed by atoms with Crippen molar-refractivity contribution in [1.29, 1.82) is 0 Å². The Morgan fingerprint density at radius 2 is 2.00 bits per heavy atom. The molecular weight excluding hydrogens is 186 g/mol. The number of halogens is 1. The Labute approximate surface area is 83.9 Å². The van der Waals surface area contributed by atoms with Crippen molar-refractivity contribution in [2.24, 2.45) is 0 Å². The first-order valence-electron chi connectivity index (χ1n) is 4.15. The summed E-state index contributed by atoms with van der Waals surface area (Å²) in [4.78, 5) is 4.11. The summed E-state index contributed by atoms with van der Waals surface area (Å²) in [6.07, 6.45) is 1.59. The predicted octanol–water partition coefficient (Wildman–Crippen LogP) is 3.04. The molecule has 1 heterocycles. The predicted molar refractivity (Wildman–Crippen MR) is 54.5 cm³/mol. The summed E-state index contributed by atoms with van der Waals surface area (Å²) in [7, 11) is 1.62.